The number of rotatable bonds is 3. The van der Waals surface area contributed by atoms with Gasteiger partial charge in [0, 0.05) is 30.9 Å². The molecule has 0 aliphatic heterocycles. The minimum Gasteiger partial charge on any atom is -0.357 e. The second-order valence-corrected chi connectivity index (χ2v) is 5.39. The first-order valence-corrected chi connectivity index (χ1v) is 6.72. The number of anilines is 1. The normalized spacial score (nSPS) is 11.1. The Morgan fingerprint density at radius 1 is 1.42 bits per heavy atom. The van der Waals surface area contributed by atoms with Crippen LogP contribution in [-0.2, 0) is 13.6 Å². The molecule has 4 nitrogen and oxygen atoms in total. The van der Waals surface area contributed by atoms with Gasteiger partial charge in [-0.3, -0.25) is 4.68 Å². The molecule has 0 fully saturated rings. The molecule has 3 rings (SSSR count). The third-order valence-corrected chi connectivity index (χ3v) is 4.11. The van der Waals surface area contributed by atoms with Crippen molar-refractivity contribution in [3.63, 3.8) is 0 Å². The number of fused-ring (bicyclic) bond motifs is 1. The lowest BCUT2D eigenvalue weighted by Crippen LogP contribution is -2.00. The van der Waals surface area contributed by atoms with E-state index in [2.05, 4.69) is 15.4 Å². The molecule has 3 aromatic rings. The predicted molar refractivity (Wildman–Crippen MR) is 74.8 cm³/mol. The largest absolute Gasteiger partial charge is 0.357 e. The van der Waals surface area contributed by atoms with Crippen LogP contribution in [0.1, 0.15) is 11.3 Å². The van der Waals surface area contributed by atoms with Crippen LogP contribution in [-0.4, -0.2) is 14.8 Å². The highest BCUT2D eigenvalue weighted by Gasteiger charge is 2.07. The van der Waals surface area contributed by atoms with Gasteiger partial charge in [-0.15, -0.1) is 0 Å². The maximum absolute atomic E-state index is 13.1. The molecule has 2 aromatic heterocycles. The maximum Gasteiger partial charge on any atom is 0.184 e. The standard InChI is InChI=1S/C13H13FN4S/c1-8-9(7-16-18(8)2)6-15-13-17-11-5-10(14)3-4-12(11)19-13/h3-5,7H,6H2,1-2H3,(H,15,17). The number of aromatic nitrogens is 3. The second-order valence-electron chi connectivity index (χ2n) is 4.36. The van der Waals surface area contributed by atoms with Gasteiger partial charge in [0.05, 0.1) is 16.4 Å². The summed E-state index contributed by atoms with van der Waals surface area (Å²) in [5.74, 6) is -0.257. The second kappa shape index (κ2) is 4.62. The van der Waals surface area contributed by atoms with Crippen LogP contribution in [0.4, 0.5) is 9.52 Å². The molecule has 1 N–H and O–H groups in total. The molecule has 0 aliphatic rings. The number of hydrogen-bond acceptors (Lipinski definition) is 4. The van der Waals surface area contributed by atoms with E-state index in [0.29, 0.717) is 12.1 Å². The Labute approximate surface area is 113 Å². The van der Waals surface area contributed by atoms with Crippen LogP contribution in [0.25, 0.3) is 10.2 Å². The molecule has 0 saturated heterocycles. The lowest BCUT2D eigenvalue weighted by Gasteiger charge is -2.01. The zero-order valence-corrected chi connectivity index (χ0v) is 11.5. The molecule has 2 heterocycles. The minimum absolute atomic E-state index is 0.257. The van der Waals surface area contributed by atoms with Gasteiger partial charge in [0.2, 0.25) is 0 Å². The molecule has 6 heteroatoms. The van der Waals surface area contributed by atoms with E-state index in [4.69, 9.17) is 0 Å². The zero-order valence-electron chi connectivity index (χ0n) is 10.6. The van der Waals surface area contributed by atoms with Crippen molar-refractivity contribution in [2.24, 2.45) is 7.05 Å². The molecule has 0 unspecified atom stereocenters. The van der Waals surface area contributed by atoms with Crippen molar-refractivity contribution in [2.45, 2.75) is 13.5 Å². The van der Waals surface area contributed by atoms with E-state index < -0.39 is 0 Å². The van der Waals surface area contributed by atoms with Gasteiger partial charge in [-0.1, -0.05) is 11.3 Å². The predicted octanol–water partition coefficient (Wildman–Crippen LogP) is 3.09. The Morgan fingerprint density at radius 2 is 2.26 bits per heavy atom. The average Bonchev–Trinajstić information content (AvgIpc) is 2.92. The van der Waals surface area contributed by atoms with Gasteiger partial charge in [0.25, 0.3) is 0 Å². The summed E-state index contributed by atoms with van der Waals surface area (Å²) < 4.78 is 15.9. The maximum atomic E-state index is 13.1. The molecule has 98 valence electrons. The number of aryl methyl sites for hydroxylation is 1. The van der Waals surface area contributed by atoms with Crippen molar-refractivity contribution < 1.29 is 4.39 Å². The van der Waals surface area contributed by atoms with Gasteiger partial charge < -0.3 is 5.32 Å². The molecule has 0 spiro atoms. The van der Waals surface area contributed by atoms with E-state index in [1.54, 1.807) is 6.07 Å². The molecule has 0 amide bonds. The molecule has 1 aromatic carbocycles. The van der Waals surface area contributed by atoms with Crippen molar-refractivity contribution in [3.05, 3.63) is 41.5 Å². The molecule has 19 heavy (non-hydrogen) atoms. The van der Waals surface area contributed by atoms with Crippen molar-refractivity contribution in [3.8, 4) is 0 Å². The molecule has 0 radical (unpaired) electrons. The highest BCUT2D eigenvalue weighted by atomic mass is 32.1. The Balaban J connectivity index is 1.80. The number of nitrogens with zero attached hydrogens (tertiary/aromatic N) is 3. The summed E-state index contributed by atoms with van der Waals surface area (Å²) in [6, 6.07) is 4.66. The monoisotopic (exact) mass is 276 g/mol. The van der Waals surface area contributed by atoms with E-state index in [1.807, 2.05) is 24.9 Å². The van der Waals surface area contributed by atoms with E-state index in [9.17, 15) is 4.39 Å². The summed E-state index contributed by atoms with van der Waals surface area (Å²) in [5, 5.41) is 8.24. The van der Waals surface area contributed by atoms with Crippen LogP contribution in [0.15, 0.2) is 24.4 Å². The van der Waals surface area contributed by atoms with Gasteiger partial charge in [-0.05, 0) is 19.1 Å². The Morgan fingerprint density at radius 3 is 3.00 bits per heavy atom. The van der Waals surface area contributed by atoms with Crippen LogP contribution in [0.2, 0.25) is 0 Å². The topological polar surface area (TPSA) is 42.7 Å². The number of thiazole rings is 1. The summed E-state index contributed by atoms with van der Waals surface area (Å²) in [7, 11) is 1.92. The number of halogens is 1. The molecule has 0 atom stereocenters. The molecule has 0 saturated carbocycles. The first-order valence-electron chi connectivity index (χ1n) is 5.91. The summed E-state index contributed by atoms with van der Waals surface area (Å²) in [4.78, 5) is 4.37. The van der Waals surface area contributed by atoms with Gasteiger partial charge in [0.15, 0.2) is 5.13 Å². The summed E-state index contributed by atoms with van der Waals surface area (Å²) in [6.07, 6.45) is 1.84. The summed E-state index contributed by atoms with van der Waals surface area (Å²) >= 11 is 1.52. The average molecular weight is 276 g/mol. The molecule has 0 bridgehead atoms. The van der Waals surface area contributed by atoms with Gasteiger partial charge in [-0.2, -0.15) is 5.10 Å². The minimum atomic E-state index is -0.257. The van der Waals surface area contributed by atoms with Gasteiger partial charge >= 0.3 is 0 Å². The van der Waals surface area contributed by atoms with Crippen molar-refractivity contribution in [1.82, 2.24) is 14.8 Å². The fourth-order valence-electron chi connectivity index (χ4n) is 1.86. The first kappa shape index (κ1) is 12.1. The van der Waals surface area contributed by atoms with Crippen LogP contribution in [0.5, 0.6) is 0 Å². The SMILES string of the molecule is Cc1c(CNc2nc3cc(F)ccc3s2)cnn1C. The molecule has 0 aliphatic carbocycles. The smallest absolute Gasteiger partial charge is 0.184 e. The number of benzene rings is 1. The Hall–Kier alpha value is -1.95. The zero-order chi connectivity index (χ0) is 13.4. The lowest BCUT2D eigenvalue weighted by molar-refractivity contribution is 0.629. The Kier molecular flexibility index (Phi) is 2.94. The van der Waals surface area contributed by atoms with E-state index in [0.717, 1.165) is 21.1 Å². The van der Waals surface area contributed by atoms with Crippen molar-refractivity contribution in [2.75, 3.05) is 5.32 Å². The fraction of sp³-hybridized carbons (Fsp3) is 0.231. The van der Waals surface area contributed by atoms with Crippen LogP contribution < -0.4 is 5.32 Å². The number of hydrogen-bond donors (Lipinski definition) is 1. The first-order chi connectivity index (χ1) is 9.13. The van der Waals surface area contributed by atoms with E-state index in [-0.39, 0.29) is 5.82 Å². The fourth-order valence-corrected chi connectivity index (χ4v) is 2.71. The van der Waals surface area contributed by atoms with Crippen LogP contribution in [0.3, 0.4) is 0 Å². The summed E-state index contributed by atoms with van der Waals surface area (Å²) in [5.41, 5.74) is 2.95. The third-order valence-electron chi connectivity index (χ3n) is 3.12. The van der Waals surface area contributed by atoms with Gasteiger partial charge in [0.1, 0.15) is 5.82 Å². The summed E-state index contributed by atoms with van der Waals surface area (Å²) in [6.45, 7) is 2.69. The Bertz CT molecular complexity index is 731. The molecular formula is C13H13FN4S. The quantitative estimate of drug-likeness (QED) is 0.799. The van der Waals surface area contributed by atoms with E-state index >= 15 is 0 Å². The van der Waals surface area contributed by atoms with E-state index in [1.165, 1.54) is 23.5 Å². The highest BCUT2D eigenvalue weighted by Crippen LogP contribution is 2.26. The van der Waals surface area contributed by atoms with Crippen LogP contribution in [0, 0.1) is 12.7 Å². The third kappa shape index (κ3) is 2.31. The lowest BCUT2D eigenvalue weighted by atomic mass is 10.2. The highest BCUT2D eigenvalue weighted by molar-refractivity contribution is 7.22. The van der Waals surface area contributed by atoms with Crippen molar-refractivity contribution >= 4 is 26.7 Å². The molecular weight excluding hydrogens is 263 g/mol. The number of nitrogens with one attached hydrogen (secondary N) is 1. The van der Waals surface area contributed by atoms with Crippen molar-refractivity contribution in [1.29, 1.82) is 0 Å². The van der Waals surface area contributed by atoms with Gasteiger partial charge in [-0.25, -0.2) is 9.37 Å². The van der Waals surface area contributed by atoms with Crippen LogP contribution >= 0.6 is 11.3 Å².